The van der Waals surface area contributed by atoms with Crippen LogP contribution in [0.4, 0.5) is 17.3 Å². The predicted molar refractivity (Wildman–Crippen MR) is 110 cm³/mol. The first-order valence-electron chi connectivity index (χ1n) is 8.49. The van der Waals surface area contributed by atoms with Gasteiger partial charge in [-0.2, -0.15) is 5.10 Å². The van der Waals surface area contributed by atoms with Gasteiger partial charge in [0.2, 0.25) is 0 Å². The molecule has 2 aromatic heterocycles. The summed E-state index contributed by atoms with van der Waals surface area (Å²) in [5.74, 6) is 2.80. The Morgan fingerprint density at radius 3 is 2.68 bits per heavy atom. The average molecular weight is 397 g/mol. The van der Waals surface area contributed by atoms with Crippen molar-refractivity contribution in [2.75, 3.05) is 24.3 Å². The van der Waals surface area contributed by atoms with Gasteiger partial charge in [-0.3, -0.25) is 5.10 Å². The van der Waals surface area contributed by atoms with Crippen LogP contribution in [0.15, 0.2) is 52.0 Å². The number of anilines is 3. The van der Waals surface area contributed by atoms with E-state index < -0.39 is 0 Å². The van der Waals surface area contributed by atoms with Crippen LogP contribution in [-0.2, 0) is 0 Å². The number of nitrogens with one attached hydrogen (secondary N) is 3. The molecule has 0 unspecified atom stereocenters. The fourth-order valence-electron chi connectivity index (χ4n) is 2.74. The lowest BCUT2D eigenvalue weighted by molar-refractivity contribution is 0.404. The summed E-state index contributed by atoms with van der Waals surface area (Å²) in [5, 5.41) is 15.0. The van der Waals surface area contributed by atoms with Crippen molar-refractivity contribution in [2.24, 2.45) is 0 Å². The van der Waals surface area contributed by atoms with E-state index in [2.05, 4.69) is 25.4 Å². The maximum atomic E-state index is 5.52. The number of ether oxygens (including phenoxy) is 2. The van der Waals surface area contributed by atoms with Crippen molar-refractivity contribution >= 4 is 40.2 Å². The van der Waals surface area contributed by atoms with Crippen molar-refractivity contribution < 1.29 is 14.0 Å². The molecule has 4 rings (SSSR count). The number of fused-ring (bicyclic) bond motifs is 1. The Hall–Kier alpha value is -3.33. The zero-order valence-electron chi connectivity index (χ0n) is 15.6. The van der Waals surface area contributed by atoms with Gasteiger partial charge in [-0.15, -0.1) is 0 Å². The van der Waals surface area contributed by atoms with Gasteiger partial charge < -0.3 is 24.0 Å². The molecular weight excluding hydrogens is 378 g/mol. The fraction of sp³-hybridized carbons (Fsp3) is 0.158. The molecule has 0 aliphatic rings. The van der Waals surface area contributed by atoms with Crippen molar-refractivity contribution in [1.82, 2.24) is 15.4 Å². The minimum atomic E-state index is 0.606. The maximum Gasteiger partial charge on any atom is 0.187 e. The summed E-state index contributed by atoms with van der Waals surface area (Å²) in [6.07, 6.45) is 1.67. The van der Waals surface area contributed by atoms with E-state index >= 15 is 0 Å². The van der Waals surface area contributed by atoms with Crippen molar-refractivity contribution in [3.8, 4) is 11.5 Å². The van der Waals surface area contributed by atoms with Gasteiger partial charge >= 0.3 is 0 Å². The third-order valence-electron chi connectivity index (χ3n) is 4.14. The number of hydrogen-bond acceptors (Lipinski definition) is 8. The van der Waals surface area contributed by atoms with Crippen LogP contribution in [0.1, 0.15) is 5.56 Å². The van der Waals surface area contributed by atoms with Gasteiger partial charge in [0.1, 0.15) is 17.3 Å². The molecular formula is C19H19N5O3S. The van der Waals surface area contributed by atoms with Crippen molar-refractivity contribution in [3.05, 3.63) is 48.2 Å². The van der Waals surface area contributed by atoms with Crippen LogP contribution in [0.3, 0.4) is 0 Å². The maximum absolute atomic E-state index is 5.52. The zero-order chi connectivity index (χ0) is 19.5. The van der Waals surface area contributed by atoms with Gasteiger partial charge in [0, 0.05) is 12.1 Å². The van der Waals surface area contributed by atoms with Gasteiger partial charge in [-0.1, -0.05) is 11.2 Å². The Morgan fingerprint density at radius 2 is 1.93 bits per heavy atom. The molecule has 8 nitrogen and oxygen atoms in total. The Bertz CT molecular complexity index is 1090. The quantitative estimate of drug-likeness (QED) is 0.385. The molecule has 2 aromatic carbocycles. The summed E-state index contributed by atoms with van der Waals surface area (Å²) in [6.45, 7) is 2.04. The van der Waals surface area contributed by atoms with Gasteiger partial charge in [0.25, 0.3) is 0 Å². The van der Waals surface area contributed by atoms with E-state index in [9.17, 15) is 0 Å². The van der Waals surface area contributed by atoms with Crippen LogP contribution in [0.25, 0.3) is 11.0 Å². The van der Waals surface area contributed by atoms with Crippen LogP contribution in [0.5, 0.6) is 11.5 Å². The molecule has 4 aromatic rings. The normalized spacial score (nSPS) is 10.8. The Labute approximate surface area is 165 Å². The fourth-order valence-corrected chi connectivity index (χ4v) is 3.59. The lowest BCUT2D eigenvalue weighted by Crippen LogP contribution is -1.95. The summed E-state index contributed by atoms with van der Waals surface area (Å²) in [4.78, 5) is 0.961. The second kappa shape index (κ2) is 7.73. The number of H-pyrrole nitrogens is 1. The molecule has 0 saturated carbocycles. The average Bonchev–Trinajstić information content (AvgIpc) is 3.35. The number of hydrogen-bond donors (Lipinski definition) is 3. The Morgan fingerprint density at radius 1 is 1.07 bits per heavy atom. The summed E-state index contributed by atoms with van der Waals surface area (Å²) >= 11 is 1.41. The Balaban J connectivity index is 1.61. The van der Waals surface area contributed by atoms with Crippen molar-refractivity contribution in [3.63, 3.8) is 0 Å². The summed E-state index contributed by atoms with van der Waals surface area (Å²) in [6, 6.07) is 11.5. The molecule has 0 saturated heterocycles. The highest BCUT2D eigenvalue weighted by molar-refractivity contribution is 8.00. The van der Waals surface area contributed by atoms with E-state index in [1.54, 1.807) is 20.4 Å². The number of methoxy groups -OCH3 is 2. The van der Waals surface area contributed by atoms with Crippen molar-refractivity contribution in [1.29, 1.82) is 0 Å². The molecule has 9 heteroatoms. The van der Waals surface area contributed by atoms with E-state index in [0.717, 1.165) is 33.1 Å². The van der Waals surface area contributed by atoms with E-state index in [-0.39, 0.29) is 0 Å². The minimum Gasteiger partial charge on any atom is -0.496 e. The lowest BCUT2D eigenvalue weighted by atomic mass is 10.2. The zero-order valence-corrected chi connectivity index (χ0v) is 16.4. The smallest absolute Gasteiger partial charge is 0.187 e. The van der Waals surface area contributed by atoms with Crippen molar-refractivity contribution in [2.45, 2.75) is 11.8 Å². The van der Waals surface area contributed by atoms with Crippen LogP contribution < -0.4 is 19.5 Å². The molecule has 0 spiro atoms. The largest absolute Gasteiger partial charge is 0.496 e. The monoisotopic (exact) mass is 397 g/mol. The van der Waals surface area contributed by atoms with Gasteiger partial charge in [-0.25, -0.2) is 0 Å². The highest BCUT2D eigenvalue weighted by atomic mass is 32.2. The van der Waals surface area contributed by atoms with E-state index in [4.69, 9.17) is 14.0 Å². The standard InChI is InChI=1S/C19H19N5O3S/c1-11-4-5-14(25-2)17(8-11)28-24-19-12-9-16(26-3)13(10-15(12)27-23-19)21-18-6-7-20-22-18/h4-10H,1-3H3,(H,23,24)(H2,20,21,22). The molecule has 0 aliphatic heterocycles. The predicted octanol–water partition coefficient (Wildman–Crippen LogP) is 4.74. The number of nitrogens with zero attached hydrogens (tertiary/aromatic N) is 2. The molecule has 144 valence electrons. The van der Waals surface area contributed by atoms with Crippen LogP contribution in [0, 0.1) is 6.92 Å². The summed E-state index contributed by atoms with van der Waals surface area (Å²) in [7, 11) is 3.27. The first-order valence-corrected chi connectivity index (χ1v) is 9.31. The topological polar surface area (TPSA) is 97.2 Å². The highest BCUT2D eigenvalue weighted by Gasteiger charge is 2.15. The minimum absolute atomic E-state index is 0.606. The molecule has 28 heavy (non-hydrogen) atoms. The number of aromatic amines is 1. The first kappa shape index (κ1) is 18.1. The summed E-state index contributed by atoms with van der Waals surface area (Å²) in [5.41, 5.74) is 2.52. The van der Waals surface area contributed by atoms with Crippen LogP contribution in [0.2, 0.25) is 0 Å². The molecule has 0 atom stereocenters. The summed E-state index contributed by atoms with van der Waals surface area (Å²) < 4.78 is 19.7. The van der Waals surface area contributed by atoms with Crippen LogP contribution in [-0.4, -0.2) is 29.6 Å². The van der Waals surface area contributed by atoms with Gasteiger partial charge in [-0.05, 0) is 42.6 Å². The van der Waals surface area contributed by atoms with Gasteiger partial charge in [0.05, 0.1) is 36.4 Å². The number of rotatable bonds is 7. The molecule has 0 radical (unpaired) electrons. The highest BCUT2D eigenvalue weighted by Crippen LogP contribution is 2.37. The number of aromatic nitrogens is 3. The van der Waals surface area contributed by atoms with E-state index in [1.807, 2.05) is 43.3 Å². The second-order valence-corrected chi connectivity index (χ2v) is 6.88. The molecule has 0 fully saturated rings. The first-order chi connectivity index (χ1) is 13.7. The molecule has 0 amide bonds. The number of aryl methyl sites for hydroxylation is 1. The van der Waals surface area contributed by atoms with Crippen LogP contribution >= 0.6 is 11.9 Å². The lowest BCUT2D eigenvalue weighted by Gasteiger charge is -2.10. The van der Waals surface area contributed by atoms with Gasteiger partial charge in [0.15, 0.2) is 11.4 Å². The van der Waals surface area contributed by atoms with E-state index in [0.29, 0.717) is 17.2 Å². The molecule has 0 bridgehead atoms. The Kier molecular flexibility index (Phi) is 4.98. The third kappa shape index (κ3) is 3.56. The molecule has 3 N–H and O–H groups in total. The molecule has 2 heterocycles. The number of benzene rings is 2. The molecule has 0 aliphatic carbocycles. The van der Waals surface area contributed by atoms with E-state index in [1.165, 1.54) is 11.9 Å². The third-order valence-corrected chi connectivity index (χ3v) is 4.97. The SMILES string of the molecule is COc1cc2c(NSc3cc(C)ccc3OC)noc2cc1Nc1ccn[nH]1. The second-order valence-electron chi connectivity index (χ2n) is 6.03.